The van der Waals surface area contributed by atoms with Gasteiger partial charge < -0.3 is 16.0 Å². The van der Waals surface area contributed by atoms with Crippen molar-refractivity contribution in [3.63, 3.8) is 0 Å². The van der Waals surface area contributed by atoms with Crippen LogP contribution in [0.2, 0.25) is 0 Å². The van der Waals surface area contributed by atoms with E-state index in [1.54, 1.807) is 16.0 Å². The third-order valence-electron chi connectivity index (χ3n) is 8.03. The lowest BCUT2D eigenvalue weighted by atomic mass is 9.93. The highest BCUT2D eigenvalue weighted by molar-refractivity contribution is 7.17. The molecular formula is C25H29N9S. The van der Waals surface area contributed by atoms with Gasteiger partial charge in [-0.1, -0.05) is 6.42 Å². The van der Waals surface area contributed by atoms with Gasteiger partial charge in [0.05, 0.1) is 10.2 Å². The lowest BCUT2D eigenvalue weighted by Crippen LogP contribution is -2.51. The Balaban J connectivity index is 1.01. The molecule has 1 saturated heterocycles. The molecule has 4 heterocycles. The Morgan fingerprint density at radius 2 is 1.83 bits per heavy atom. The van der Waals surface area contributed by atoms with E-state index in [0.717, 1.165) is 46.9 Å². The van der Waals surface area contributed by atoms with Gasteiger partial charge >= 0.3 is 0 Å². The number of thiophene rings is 1. The van der Waals surface area contributed by atoms with Crippen molar-refractivity contribution in [2.24, 2.45) is 11.8 Å². The number of piperazine rings is 1. The standard InChI is InChI=1S/C25H29N9S/c26-24-30-25(31-34(24)23-22-20(7-12-35-22)27-15-28-23)29-18-3-5-19(6-4-18)32-8-10-33(11-9-32)21-14-16-1-2-17(21)13-16/h3-7,12,15-17,21H,1-2,8-11,13-14H2,(H3,26,29,30,31). The third-order valence-corrected chi connectivity index (χ3v) is 8.93. The number of nitrogens with zero attached hydrogens (tertiary/aromatic N) is 7. The number of benzene rings is 1. The Hall–Kier alpha value is -3.24. The van der Waals surface area contributed by atoms with E-state index < -0.39 is 0 Å². The molecular weight excluding hydrogens is 458 g/mol. The van der Waals surface area contributed by atoms with Crippen molar-refractivity contribution in [2.45, 2.75) is 31.7 Å². The number of nitrogens with one attached hydrogen (secondary N) is 1. The first-order valence-electron chi connectivity index (χ1n) is 12.5. The minimum Gasteiger partial charge on any atom is -0.369 e. The zero-order valence-electron chi connectivity index (χ0n) is 19.5. The smallest absolute Gasteiger partial charge is 0.248 e. The number of nitrogen functional groups attached to an aromatic ring is 1. The van der Waals surface area contributed by atoms with Gasteiger partial charge in [0.25, 0.3) is 0 Å². The summed E-state index contributed by atoms with van der Waals surface area (Å²) in [5.74, 6) is 3.34. The third kappa shape index (κ3) is 3.81. The number of aromatic nitrogens is 5. The maximum Gasteiger partial charge on any atom is 0.248 e. The van der Waals surface area contributed by atoms with Gasteiger partial charge in [-0.3, -0.25) is 4.90 Å². The molecule has 2 bridgehead atoms. The van der Waals surface area contributed by atoms with Crippen LogP contribution in [0.25, 0.3) is 16.0 Å². The van der Waals surface area contributed by atoms with Gasteiger partial charge in [-0.25, -0.2) is 9.97 Å². The second-order valence-corrected chi connectivity index (χ2v) is 10.9. The summed E-state index contributed by atoms with van der Waals surface area (Å²) in [5.41, 5.74) is 9.23. The fourth-order valence-electron chi connectivity index (χ4n) is 6.31. The van der Waals surface area contributed by atoms with Crippen LogP contribution in [0.1, 0.15) is 25.7 Å². The number of hydrogen-bond acceptors (Lipinski definition) is 9. The zero-order valence-corrected chi connectivity index (χ0v) is 20.4. The number of fused-ring (bicyclic) bond motifs is 3. The Kier molecular flexibility index (Phi) is 5.09. The molecule has 3 unspecified atom stereocenters. The Morgan fingerprint density at radius 1 is 0.971 bits per heavy atom. The van der Waals surface area contributed by atoms with E-state index >= 15 is 0 Å². The Morgan fingerprint density at radius 3 is 2.60 bits per heavy atom. The fraction of sp³-hybridized carbons (Fsp3) is 0.440. The van der Waals surface area contributed by atoms with Crippen molar-refractivity contribution in [1.82, 2.24) is 29.6 Å². The van der Waals surface area contributed by atoms with Gasteiger partial charge in [-0.15, -0.1) is 16.4 Å². The van der Waals surface area contributed by atoms with E-state index in [1.807, 2.05) is 11.4 Å². The fourth-order valence-corrected chi connectivity index (χ4v) is 7.13. The minimum atomic E-state index is 0.283. The van der Waals surface area contributed by atoms with Gasteiger partial charge in [0.2, 0.25) is 11.9 Å². The maximum atomic E-state index is 6.17. The molecule has 0 spiro atoms. The largest absolute Gasteiger partial charge is 0.369 e. The van der Waals surface area contributed by atoms with Gasteiger partial charge in [0, 0.05) is 43.6 Å². The van der Waals surface area contributed by atoms with Crippen molar-refractivity contribution in [3.8, 4) is 5.82 Å². The SMILES string of the molecule is Nc1nc(Nc2ccc(N3CCN(C4CC5CCC4C5)CC3)cc2)nn1-c1ncnc2ccsc12. The lowest BCUT2D eigenvalue weighted by molar-refractivity contribution is 0.135. The summed E-state index contributed by atoms with van der Waals surface area (Å²) < 4.78 is 2.49. The number of rotatable bonds is 5. The predicted molar refractivity (Wildman–Crippen MR) is 139 cm³/mol. The monoisotopic (exact) mass is 487 g/mol. The molecule has 10 heteroatoms. The van der Waals surface area contributed by atoms with Crippen LogP contribution in [-0.2, 0) is 0 Å². The average molecular weight is 488 g/mol. The van der Waals surface area contributed by atoms with Crippen LogP contribution in [0.15, 0.2) is 42.0 Å². The van der Waals surface area contributed by atoms with E-state index in [9.17, 15) is 0 Å². The molecule has 4 aromatic rings. The Bertz CT molecular complexity index is 1340. The van der Waals surface area contributed by atoms with Crippen LogP contribution in [0.3, 0.4) is 0 Å². The molecule has 35 heavy (non-hydrogen) atoms. The van der Waals surface area contributed by atoms with Gasteiger partial charge in [-0.05, 0) is 66.8 Å². The summed E-state index contributed by atoms with van der Waals surface area (Å²) in [7, 11) is 0. The highest BCUT2D eigenvalue weighted by Gasteiger charge is 2.42. The summed E-state index contributed by atoms with van der Waals surface area (Å²) >= 11 is 1.56. The molecule has 7 rings (SSSR count). The average Bonchev–Trinajstić information content (AvgIpc) is 3.69. The number of nitrogens with two attached hydrogens (primary N) is 1. The Labute approximate surface area is 208 Å². The number of hydrogen-bond donors (Lipinski definition) is 2. The van der Waals surface area contributed by atoms with Crippen LogP contribution in [-0.4, -0.2) is 61.9 Å². The normalized spacial score (nSPS) is 24.5. The van der Waals surface area contributed by atoms with Crippen LogP contribution in [0, 0.1) is 11.8 Å². The molecule has 9 nitrogen and oxygen atoms in total. The van der Waals surface area contributed by atoms with Crippen molar-refractivity contribution in [1.29, 1.82) is 0 Å². The first-order valence-corrected chi connectivity index (χ1v) is 13.4. The molecule has 3 aliphatic rings. The van der Waals surface area contributed by atoms with Crippen LogP contribution < -0.4 is 16.0 Å². The van der Waals surface area contributed by atoms with Crippen molar-refractivity contribution in [2.75, 3.05) is 42.1 Å². The quantitative estimate of drug-likeness (QED) is 0.437. The van der Waals surface area contributed by atoms with Crippen LogP contribution in [0.5, 0.6) is 0 Å². The van der Waals surface area contributed by atoms with Gasteiger partial charge in [-0.2, -0.15) is 9.67 Å². The highest BCUT2D eigenvalue weighted by Crippen LogP contribution is 2.46. The second kappa shape index (κ2) is 8.46. The first kappa shape index (κ1) is 21.1. The van der Waals surface area contributed by atoms with Crippen molar-refractivity contribution < 1.29 is 0 Å². The molecule has 3 fully saturated rings. The maximum absolute atomic E-state index is 6.17. The van der Waals surface area contributed by atoms with E-state index in [0.29, 0.717) is 11.8 Å². The van der Waals surface area contributed by atoms with E-state index in [2.05, 4.69) is 59.4 Å². The molecule has 1 aromatic carbocycles. The molecule has 0 radical (unpaired) electrons. The molecule has 0 amide bonds. The predicted octanol–water partition coefficient (Wildman–Crippen LogP) is 3.91. The molecule has 2 aliphatic carbocycles. The van der Waals surface area contributed by atoms with Crippen molar-refractivity contribution >= 4 is 44.8 Å². The molecule has 180 valence electrons. The summed E-state index contributed by atoms with van der Waals surface area (Å²) in [6.07, 6.45) is 7.38. The highest BCUT2D eigenvalue weighted by atomic mass is 32.1. The molecule has 3 N–H and O–H groups in total. The van der Waals surface area contributed by atoms with E-state index in [1.165, 1.54) is 50.8 Å². The van der Waals surface area contributed by atoms with Crippen LogP contribution >= 0.6 is 11.3 Å². The summed E-state index contributed by atoms with van der Waals surface area (Å²) in [4.78, 5) is 18.3. The molecule has 3 aromatic heterocycles. The zero-order chi connectivity index (χ0) is 23.4. The summed E-state index contributed by atoms with van der Waals surface area (Å²) in [6, 6.07) is 11.3. The van der Waals surface area contributed by atoms with E-state index in [4.69, 9.17) is 5.73 Å². The molecule has 1 aliphatic heterocycles. The minimum absolute atomic E-state index is 0.283. The number of anilines is 4. The summed E-state index contributed by atoms with van der Waals surface area (Å²) in [6.45, 7) is 4.54. The van der Waals surface area contributed by atoms with E-state index in [-0.39, 0.29) is 5.95 Å². The van der Waals surface area contributed by atoms with Gasteiger partial charge in [0.15, 0.2) is 5.82 Å². The second-order valence-electron chi connectivity index (χ2n) is 9.97. The van der Waals surface area contributed by atoms with Gasteiger partial charge in [0.1, 0.15) is 6.33 Å². The van der Waals surface area contributed by atoms with Crippen molar-refractivity contribution in [3.05, 3.63) is 42.0 Å². The molecule has 2 saturated carbocycles. The summed E-state index contributed by atoms with van der Waals surface area (Å²) in [5, 5.41) is 9.81. The van der Waals surface area contributed by atoms with Crippen LogP contribution in [0.4, 0.5) is 23.3 Å². The lowest BCUT2D eigenvalue weighted by Gasteiger charge is -2.41. The molecule has 3 atom stereocenters. The first-order chi connectivity index (χ1) is 17.2. The topological polar surface area (TPSA) is 101 Å².